The Bertz CT molecular complexity index is 347. The van der Waals surface area contributed by atoms with E-state index in [2.05, 4.69) is 10.1 Å². The summed E-state index contributed by atoms with van der Waals surface area (Å²) < 4.78 is 10.7. The van der Waals surface area contributed by atoms with Gasteiger partial charge in [0.25, 0.3) is 0 Å². The zero-order chi connectivity index (χ0) is 11.6. The maximum Gasteiger partial charge on any atom is 0.246 e. The summed E-state index contributed by atoms with van der Waals surface area (Å²) in [5.41, 5.74) is 5.12. The number of hydrogen-bond donors (Lipinski definition) is 2. The van der Waals surface area contributed by atoms with Gasteiger partial charge in [-0.25, -0.2) is 0 Å². The Morgan fingerprint density at radius 3 is 3.00 bits per heavy atom. The van der Waals surface area contributed by atoms with Crippen molar-refractivity contribution >= 4 is 0 Å². The molecule has 1 aromatic rings. The van der Waals surface area contributed by atoms with E-state index in [1.54, 1.807) is 0 Å². The molecule has 0 spiro atoms. The fourth-order valence-electron chi connectivity index (χ4n) is 1.79. The van der Waals surface area contributed by atoms with Crippen molar-refractivity contribution in [3.8, 4) is 0 Å². The highest BCUT2D eigenvalue weighted by atomic mass is 16.5. The highest BCUT2D eigenvalue weighted by molar-refractivity contribution is 5.02. The minimum Gasteiger partial charge on any atom is -0.394 e. The number of ether oxygens (including phenoxy) is 1. The van der Waals surface area contributed by atoms with Crippen LogP contribution < -0.4 is 5.73 Å². The number of nitrogens with zero attached hydrogens (tertiary/aromatic N) is 2. The third-order valence-electron chi connectivity index (χ3n) is 2.90. The summed E-state index contributed by atoms with van der Waals surface area (Å²) in [6.45, 7) is 2.46. The van der Waals surface area contributed by atoms with E-state index in [1.165, 1.54) is 0 Å². The molecule has 1 aromatic heterocycles. The first-order chi connectivity index (χ1) is 7.65. The lowest BCUT2D eigenvalue weighted by molar-refractivity contribution is -0.0770. The second kappa shape index (κ2) is 4.48. The molecule has 6 nitrogen and oxygen atoms in total. The van der Waals surface area contributed by atoms with Crippen LogP contribution in [0.25, 0.3) is 0 Å². The molecule has 0 saturated carbocycles. The Kier molecular flexibility index (Phi) is 3.22. The molecule has 6 heteroatoms. The quantitative estimate of drug-likeness (QED) is 0.779. The number of hydrogen-bond acceptors (Lipinski definition) is 6. The minimum atomic E-state index is -0.617. The third kappa shape index (κ3) is 2.09. The van der Waals surface area contributed by atoms with Crippen molar-refractivity contribution in [2.45, 2.75) is 37.8 Å². The molecule has 3 N–H and O–H groups in total. The zero-order valence-corrected chi connectivity index (χ0v) is 9.35. The van der Waals surface area contributed by atoms with Gasteiger partial charge >= 0.3 is 0 Å². The Labute approximate surface area is 93.8 Å². The summed E-state index contributed by atoms with van der Waals surface area (Å²) in [4.78, 5) is 4.19. The van der Waals surface area contributed by atoms with E-state index in [0.29, 0.717) is 12.4 Å². The first-order valence-corrected chi connectivity index (χ1v) is 5.50. The van der Waals surface area contributed by atoms with Crippen molar-refractivity contribution in [1.82, 2.24) is 10.1 Å². The van der Waals surface area contributed by atoms with E-state index in [1.807, 2.05) is 6.92 Å². The number of aliphatic hydroxyl groups excluding tert-OH is 1. The standard InChI is InChI=1S/C10H17N3O3/c1-10(4-2-3-5-15-10)9-12-8(16-13-9)7(11)6-14/h7,14H,2-6,11H2,1H3. The molecule has 0 radical (unpaired) electrons. The van der Waals surface area contributed by atoms with Crippen LogP contribution >= 0.6 is 0 Å². The van der Waals surface area contributed by atoms with Crippen molar-refractivity contribution in [2.24, 2.45) is 5.73 Å². The van der Waals surface area contributed by atoms with E-state index < -0.39 is 11.6 Å². The molecular weight excluding hydrogens is 210 g/mol. The van der Waals surface area contributed by atoms with Gasteiger partial charge in [0.2, 0.25) is 11.7 Å². The zero-order valence-electron chi connectivity index (χ0n) is 9.35. The highest BCUT2D eigenvalue weighted by Gasteiger charge is 2.35. The monoisotopic (exact) mass is 227 g/mol. The van der Waals surface area contributed by atoms with Gasteiger partial charge in [-0.2, -0.15) is 4.98 Å². The molecule has 1 aliphatic rings. The molecule has 0 amide bonds. The summed E-state index contributed by atoms with van der Waals surface area (Å²) in [5.74, 6) is 0.777. The fourth-order valence-corrected chi connectivity index (χ4v) is 1.79. The van der Waals surface area contributed by atoms with Crippen LogP contribution in [0.1, 0.15) is 43.9 Å². The smallest absolute Gasteiger partial charge is 0.246 e. The molecule has 2 unspecified atom stereocenters. The number of aliphatic hydroxyl groups is 1. The SMILES string of the molecule is CC1(c2noc(C(N)CO)n2)CCCCO1. The van der Waals surface area contributed by atoms with Crippen molar-refractivity contribution in [3.05, 3.63) is 11.7 Å². The van der Waals surface area contributed by atoms with E-state index in [-0.39, 0.29) is 12.5 Å². The molecule has 90 valence electrons. The van der Waals surface area contributed by atoms with Gasteiger partial charge in [-0.3, -0.25) is 0 Å². The third-order valence-corrected chi connectivity index (χ3v) is 2.90. The summed E-state index contributed by atoms with van der Waals surface area (Å²) in [6, 6.07) is -0.617. The average Bonchev–Trinajstić information content (AvgIpc) is 2.79. The lowest BCUT2D eigenvalue weighted by Gasteiger charge is -2.30. The fraction of sp³-hybridized carbons (Fsp3) is 0.800. The van der Waals surface area contributed by atoms with E-state index in [0.717, 1.165) is 19.3 Å². The molecule has 2 heterocycles. The molecule has 16 heavy (non-hydrogen) atoms. The predicted octanol–water partition coefficient (Wildman–Crippen LogP) is 0.477. The van der Waals surface area contributed by atoms with Crippen LogP contribution in [0.15, 0.2) is 4.52 Å². The lowest BCUT2D eigenvalue weighted by Crippen LogP contribution is -2.31. The van der Waals surface area contributed by atoms with Crippen LogP contribution in [0.5, 0.6) is 0 Å². The molecule has 1 fully saturated rings. The van der Waals surface area contributed by atoms with Crippen LogP contribution in [0, 0.1) is 0 Å². The number of aromatic nitrogens is 2. The van der Waals surface area contributed by atoms with Crippen molar-refractivity contribution in [2.75, 3.05) is 13.2 Å². The van der Waals surface area contributed by atoms with Gasteiger partial charge in [0.05, 0.1) is 6.61 Å². The summed E-state index contributed by atoms with van der Waals surface area (Å²) in [7, 11) is 0. The summed E-state index contributed by atoms with van der Waals surface area (Å²) in [6.07, 6.45) is 3.03. The number of nitrogens with two attached hydrogens (primary N) is 1. The van der Waals surface area contributed by atoms with Gasteiger partial charge in [0, 0.05) is 6.61 Å². The Morgan fingerprint density at radius 2 is 2.38 bits per heavy atom. The predicted molar refractivity (Wildman–Crippen MR) is 55.5 cm³/mol. The molecule has 1 saturated heterocycles. The second-order valence-electron chi connectivity index (χ2n) is 4.28. The van der Waals surface area contributed by atoms with Gasteiger partial charge in [-0.05, 0) is 26.2 Å². The largest absolute Gasteiger partial charge is 0.394 e. The summed E-state index contributed by atoms with van der Waals surface area (Å²) in [5, 5.41) is 12.8. The van der Waals surface area contributed by atoms with E-state index in [9.17, 15) is 0 Å². The Balaban J connectivity index is 2.17. The van der Waals surface area contributed by atoms with Gasteiger partial charge in [0.15, 0.2) is 0 Å². The van der Waals surface area contributed by atoms with Gasteiger partial charge in [-0.1, -0.05) is 5.16 Å². The van der Waals surface area contributed by atoms with Crippen molar-refractivity contribution in [3.63, 3.8) is 0 Å². The minimum absolute atomic E-state index is 0.209. The van der Waals surface area contributed by atoms with Crippen LogP contribution in [0.4, 0.5) is 0 Å². The first-order valence-electron chi connectivity index (χ1n) is 5.50. The van der Waals surface area contributed by atoms with Gasteiger partial charge < -0.3 is 20.1 Å². The topological polar surface area (TPSA) is 94.4 Å². The van der Waals surface area contributed by atoms with E-state index in [4.69, 9.17) is 20.1 Å². The second-order valence-corrected chi connectivity index (χ2v) is 4.28. The summed E-state index contributed by atoms with van der Waals surface area (Å²) >= 11 is 0. The van der Waals surface area contributed by atoms with Crippen LogP contribution in [0.3, 0.4) is 0 Å². The van der Waals surface area contributed by atoms with Gasteiger partial charge in [0.1, 0.15) is 11.6 Å². The average molecular weight is 227 g/mol. The molecule has 2 atom stereocenters. The Morgan fingerprint density at radius 1 is 1.56 bits per heavy atom. The van der Waals surface area contributed by atoms with Crippen LogP contribution in [-0.4, -0.2) is 28.5 Å². The van der Waals surface area contributed by atoms with Crippen molar-refractivity contribution in [1.29, 1.82) is 0 Å². The maximum atomic E-state index is 8.89. The maximum absolute atomic E-state index is 8.89. The highest BCUT2D eigenvalue weighted by Crippen LogP contribution is 2.32. The molecular formula is C10H17N3O3. The Hall–Kier alpha value is -0.980. The molecule has 1 aliphatic heterocycles. The molecule has 0 bridgehead atoms. The van der Waals surface area contributed by atoms with Crippen molar-refractivity contribution < 1.29 is 14.4 Å². The number of rotatable bonds is 3. The normalized spacial score (nSPS) is 27.9. The molecule has 2 rings (SSSR count). The molecule has 0 aliphatic carbocycles. The first kappa shape index (κ1) is 11.5. The van der Waals surface area contributed by atoms with Crippen LogP contribution in [-0.2, 0) is 10.3 Å². The lowest BCUT2D eigenvalue weighted by atomic mass is 9.95. The van der Waals surface area contributed by atoms with E-state index >= 15 is 0 Å². The van der Waals surface area contributed by atoms with Gasteiger partial charge in [-0.15, -0.1) is 0 Å². The van der Waals surface area contributed by atoms with Crippen LogP contribution in [0.2, 0.25) is 0 Å². The molecule has 0 aromatic carbocycles.